The van der Waals surface area contributed by atoms with Gasteiger partial charge in [0.1, 0.15) is 0 Å². The van der Waals surface area contributed by atoms with Crippen LogP contribution in [0, 0.1) is 0 Å². The van der Waals surface area contributed by atoms with E-state index in [1.807, 2.05) is 18.2 Å². The Bertz CT molecular complexity index is 374. The lowest BCUT2D eigenvalue weighted by Crippen LogP contribution is -2.38. The average Bonchev–Trinajstić information content (AvgIpc) is 2.29. The molecule has 0 bridgehead atoms. The monoisotopic (exact) mass is 265 g/mol. The number of rotatable bonds is 3. The van der Waals surface area contributed by atoms with Crippen molar-refractivity contribution in [3.8, 4) is 0 Å². The Morgan fingerprint density at radius 1 is 1.47 bits per heavy atom. The highest BCUT2D eigenvalue weighted by Gasteiger charge is 2.30. The molecular formula is C14H18ClOSi. The second-order valence-electron chi connectivity index (χ2n) is 4.96. The largest absolute Gasteiger partial charge is 0.379 e. The van der Waals surface area contributed by atoms with Gasteiger partial charge in [-0.15, -0.1) is 0 Å². The molecular weight excluding hydrogens is 248 g/mol. The number of halogens is 1. The first-order valence-electron chi connectivity index (χ1n) is 6.23. The van der Waals surface area contributed by atoms with Gasteiger partial charge in [0.15, 0.2) is 0 Å². The molecule has 1 fully saturated rings. The summed E-state index contributed by atoms with van der Waals surface area (Å²) in [7, 11) is 3.81. The Hall–Kier alpha value is -0.313. The predicted octanol–water partition coefficient (Wildman–Crippen LogP) is 3.90. The van der Waals surface area contributed by atoms with Crippen LogP contribution in [0.15, 0.2) is 24.3 Å². The Morgan fingerprint density at radius 2 is 2.29 bits per heavy atom. The summed E-state index contributed by atoms with van der Waals surface area (Å²) in [6, 6.07) is 8.11. The van der Waals surface area contributed by atoms with Crippen LogP contribution in [0.5, 0.6) is 0 Å². The molecule has 0 N–H and O–H groups in total. The number of hydrogen-bond donors (Lipinski definition) is 0. The SMILES string of the molecule is CC(CC1([Si])CCCCO1)c1cccc(Cl)c1. The van der Waals surface area contributed by atoms with Gasteiger partial charge in [0.2, 0.25) is 0 Å². The molecule has 1 aliphatic heterocycles. The second-order valence-corrected chi connectivity index (χ2v) is 6.31. The molecule has 0 amide bonds. The summed E-state index contributed by atoms with van der Waals surface area (Å²) < 4.78 is 5.87. The van der Waals surface area contributed by atoms with Crippen molar-refractivity contribution in [3.63, 3.8) is 0 Å². The number of benzene rings is 1. The average molecular weight is 266 g/mol. The van der Waals surface area contributed by atoms with Crippen LogP contribution in [0.4, 0.5) is 0 Å². The normalized spacial score (nSPS) is 26.8. The van der Waals surface area contributed by atoms with E-state index in [1.165, 1.54) is 18.4 Å². The number of ether oxygens (including phenoxy) is 1. The van der Waals surface area contributed by atoms with Gasteiger partial charge in [-0.05, 0) is 49.3 Å². The Balaban J connectivity index is 2.03. The lowest BCUT2D eigenvalue weighted by atomic mass is 9.91. The fourth-order valence-electron chi connectivity index (χ4n) is 2.44. The summed E-state index contributed by atoms with van der Waals surface area (Å²) in [6.45, 7) is 3.09. The summed E-state index contributed by atoms with van der Waals surface area (Å²) in [5, 5.41) is 0.668. The summed E-state index contributed by atoms with van der Waals surface area (Å²) in [5.74, 6) is 0.448. The van der Waals surface area contributed by atoms with Crippen molar-refractivity contribution >= 4 is 21.8 Å². The standard InChI is InChI=1S/C14H18ClOSi/c1-11(12-5-4-6-13(15)9-12)10-14(17)7-2-3-8-16-14/h4-6,9,11H,2-3,7-8,10H2,1H3. The molecule has 0 aliphatic carbocycles. The van der Waals surface area contributed by atoms with E-state index in [0.717, 1.165) is 24.5 Å². The maximum atomic E-state index is 6.02. The van der Waals surface area contributed by atoms with Crippen molar-refractivity contribution < 1.29 is 4.74 Å². The van der Waals surface area contributed by atoms with Gasteiger partial charge in [0.25, 0.3) is 0 Å². The predicted molar refractivity (Wildman–Crippen MR) is 72.8 cm³/mol. The number of hydrogen-bond acceptors (Lipinski definition) is 1. The van der Waals surface area contributed by atoms with Crippen LogP contribution in [-0.4, -0.2) is 22.1 Å². The quantitative estimate of drug-likeness (QED) is 0.754. The molecule has 0 aromatic heterocycles. The zero-order chi connectivity index (χ0) is 12.3. The van der Waals surface area contributed by atoms with Crippen LogP contribution in [0.3, 0.4) is 0 Å². The maximum Gasteiger partial charge on any atom is 0.0705 e. The van der Waals surface area contributed by atoms with E-state index in [4.69, 9.17) is 16.3 Å². The highest BCUT2D eigenvalue weighted by molar-refractivity contribution is 6.30. The van der Waals surface area contributed by atoms with Crippen molar-refractivity contribution in [2.45, 2.75) is 43.7 Å². The molecule has 1 aromatic carbocycles. The molecule has 1 nitrogen and oxygen atoms in total. The van der Waals surface area contributed by atoms with E-state index < -0.39 is 0 Å². The molecule has 1 saturated heterocycles. The Kier molecular flexibility index (Phi) is 4.29. The zero-order valence-corrected chi connectivity index (χ0v) is 12.0. The molecule has 2 atom stereocenters. The third kappa shape index (κ3) is 3.57. The van der Waals surface area contributed by atoms with Crippen molar-refractivity contribution in [2.75, 3.05) is 6.61 Å². The summed E-state index contributed by atoms with van der Waals surface area (Å²) in [6.07, 6.45) is 4.50. The Labute approximate surface area is 112 Å². The lowest BCUT2D eigenvalue weighted by molar-refractivity contribution is -0.0258. The van der Waals surface area contributed by atoms with E-state index in [9.17, 15) is 0 Å². The molecule has 17 heavy (non-hydrogen) atoms. The van der Waals surface area contributed by atoms with E-state index in [2.05, 4.69) is 23.2 Å². The van der Waals surface area contributed by atoms with Gasteiger partial charge in [-0.3, -0.25) is 0 Å². The molecule has 2 unspecified atom stereocenters. The van der Waals surface area contributed by atoms with Gasteiger partial charge in [-0.2, -0.15) is 0 Å². The topological polar surface area (TPSA) is 9.23 Å². The van der Waals surface area contributed by atoms with Crippen LogP contribution in [0.25, 0.3) is 0 Å². The van der Waals surface area contributed by atoms with E-state index in [0.29, 0.717) is 5.92 Å². The lowest BCUT2D eigenvalue weighted by Gasteiger charge is -2.36. The molecule has 1 aromatic rings. The smallest absolute Gasteiger partial charge is 0.0705 e. The fraction of sp³-hybridized carbons (Fsp3) is 0.571. The summed E-state index contributed by atoms with van der Waals surface area (Å²) >= 11 is 6.02. The maximum absolute atomic E-state index is 6.02. The minimum atomic E-state index is -0.139. The molecule has 0 saturated carbocycles. The zero-order valence-electron chi connectivity index (χ0n) is 10.2. The van der Waals surface area contributed by atoms with Crippen molar-refractivity contribution in [2.24, 2.45) is 0 Å². The van der Waals surface area contributed by atoms with Crippen molar-refractivity contribution in [1.29, 1.82) is 0 Å². The first-order valence-corrected chi connectivity index (χ1v) is 7.11. The van der Waals surface area contributed by atoms with Gasteiger partial charge in [-0.25, -0.2) is 0 Å². The van der Waals surface area contributed by atoms with E-state index >= 15 is 0 Å². The van der Waals surface area contributed by atoms with Gasteiger partial charge in [0.05, 0.1) is 15.5 Å². The summed E-state index contributed by atoms with van der Waals surface area (Å²) in [4.78, 5) is 0. The van der Waals surface area contributed by atoms with Crippen LogP contribution in [0.1, 0.15) is 44.1 Å². The van der Waals surface area contributed by atoms with Crippen LogP contribution in [-0.2, 0) is 4.74 Å². The second kappa shape index (κ2) is 5.55. The fourth-order valence-corrected chi connectivity index (χ4v) is 3.22. The van der Waals surface area contributed by atoms with Gasteiger partial charge in [0, 0.05) is 11.6 Å². The van der Waals surface area contributed by atoms with Crippen molar-refractivity contribution in [3.05, 3.63) is 34.9 Å². The Morgan fingerprint density at radius 3 is 2.94 bits per heavy atom. The van der Waals surface area contributed by atoms with E-state index in [-0.39, 0.29) is 5.22 Å². The van der Waals surface area contributed by atoms with Gasteiger partial charge < -0.3 is 4.74 Å². The molecule has 1 aliphatic rings. The van der Waals surface area contributed by atoms with Crippen LogP contribution in [0.2, 0.25) is 5.02 Å². The molecule has 3 heteroatoms. The highest BCUT2D eigenvalue weighted by Crippen LogP contribution is 2.33. The molecule has 91 valence electrons. The highest BCUT2D eigenvalue weighted by atomic mass is 35.5. The third-order valence-electron chi connectivity index (χ3n) is 3.41. The molecule has 2 rings (SSSR count). The first kappa shape index (κ1) is 13.1. The van der Waals surface area contributed by atoms with Gasteiger partial charge >= 0.3 is 0 Å². The summed E-state index contributed by atoms with van der Waals surface area (Å²) in [5.41, 5.74) is 1.28. The van der Waals surface area contributed by atoms with Gasteiger partial charge in [-0.1, -0.05) is 30.7 Å². The third-order valence-corrected chi connectivity index (χ3v) is 4.24. The molecule has 1 heterocycles. The minimum absolute atomic E-state index is 0.139. The minimum Gasteiger partial charge on any atom is -0.379 e. The first-order chi connectivity index (χ1) is 8.09. The van der Waals surface area contributed by atoms with Crippen LogP contribution >= 0.6 is 11.6 Å². The van der Waals surface area contributed by atoms with E-state index in [1.54, 1.807) is 0 Å². The molecule has 3 radical (unpaired) electrons. The molecule has 0 spiro atoms. The van der Waals surface area contributed by atoms with Crippen LogP contribution < -0.4 is 0 Å². The van der Waals surface area contributed by atoms with Crippen molar-refractivity contribution in [1.82, 2.24) is 0 Å².